The Bertz CT molecular complexity index is 2500. The normalized spacial score (nSPS) is 46.6. The van der Waals surface area contributed by atoms with Crippen molar-refractivity contribution < 1.29 is 0 Å². The largest absolute Gasteiger partial charge is 0.355 e. The molecule has 0 amide bonds. The summed E-state index contributed by atoms with van der Waals surface area (Å²) in [6, 6.07) is 10.3. The van der Waals surface area contributed by atoms with Crippen molar-refractivity contribution in [3.05, 3.63) is 69.3 Å². The van der Waals surface area contributed by atoms with Crippen LogP contribution in [0.4, 0.5) is 0 Å². The molecule has 16 fully saturated rings. The van der Waals surface area contributed by atoms with Crippen LogP contribution in [0.2, 0.25) is 0 Å². The molecule has 21 rings (SSSR count). The van der Waals surface area contributed by atoms with Gasteiger partial charge in [-0.1, -0.05) is 0 Å². The Hall–Kier alpha value is -3.40. The van der Waals surface area contributed by atoms with Gasteiger partial charge in [-0.05, 0) is 274 Å². The molecule has 2 N–H and O–H groups in total. The molecule has 0 unspecified atom stereocenters. The number of hydrogen-bond acceptors (Lipinski definition) is 2. The van der Waals surface area contributed by atoms with Gasteiger partial charge in [0.1, 0.15) is 0 Å². The van der Waals surface area contributed by atoms with Gasteiger partial charge in [-0.25, -0.2) is 9.97 Å². The predicted octanol–water partition coefficient (Wildman–Crippen LogP) is 14.5. The van der Waals surface area contributed by atoms with Crippen LogP contribution in [0.1, 0.15) is 199 Å². The second-order valence-corrected chi connectivity index (χ2v) is 27.3. The minimum absolute atomic E-state index is 0.195. The number of hydrogen-bond donors (Lipinski definition) is 2. The highest BCUT2D eigenvalue weighted by Crippen LogP contribution is 2.66. The molecular weight excluding hydrogens is 777 g/mol. The third-order valence-corrected chi connectivity index (χ3v) is 23.0. The fraction of sp³-hybridized carbons (Fsp3) is 0.667. The Balaban J connectivity index is 0.989. The lowest BCUT2D eigenvalue weighted by molar-refractivity contribution is -0.00565. The summed E-state index contributed by atoms with van der Waals surface area (Å²) in [5.41, 5.74) is 18.0. The summed E-state index contributed by atoms with van der Waals surface area (Å²) in [6.07, 6.45) is 44.1. The number of fused-ring (bicyclic) bond motifs is 8. The van der Waals surface area contributed by atoms with E-state index in [2.05, 4.69) is 58.5 Å². The Kier molecular flexibility index (Phi) is 7.09. The van der Waals surface area contributed by atoms with E-state index in [4.69, 9.17) is 9.97 Å². The lowest BCUT2D eigenvalue weighted by Crippen LogP contribution is -2.49. The fourth-order valence-corrected chi connectivity index (χ4v) is 23.1. The summed E-state index contributed by atoms with van der Waals surface area (Å²) in [5, 5.41) is 0. The zero-order valence-electron chi connectivity index (χ0n) is 38.4. The van der Waals surface area contributed by atoms with Crippen molar-refractivity contribution in [3.8, 4) is 0 Å². The molecule has 16 aliphatic carbocycles. The third kappa shape index (κ3) is 5.03. The standard InChI is InChI=1S/C60H70N4/c1-2-46-54(58-24-36-12-37(25-58)14-38(13-36)26-58)48-5-6-50(63-48)56(60-30-42-18-43(31-60)20-44(19-42)32-60)52-8-7-51(64-52)55(59-27-39-15-40(28-59)17-41(16-39)29-59)49-4-3-47(62-49)53(45(1)61-46)57-21-33-9-34(22-57)11-35(10-33)23-57/h1-8,33-44,61-62H,9-32H2. The predicted molar refractivity (Wildman–Crippen MR) is 258 cm³/mol. The van der Waals surface area contributed by atoms with Crippen LogP contribution in [-0.4, -0.2) is 19.9 Å². The molecule has 16 saturated carbocycles. The van der Waals surface area contributed by atoms with Gasteiger partial charge in [-0.2, -0.15) is 0 Å². The molecule has 0 saturated heterocycles. The number of H-pyrrole nitrogens is 2. The molecule has 0 spiro atoms. The van der Waals surface area contributed by atoms with Gasteiger partial charge in [0.25, 0.3) is 0 Å². The highest BCUT2D eigenvalue weighted by Gasteiger charge is 2.57. The van der Waals surface area contributed by atoms with E-state index in [0.717, 1.165) is 71.0 Å². The molecule has 5 heterocycles. The quantitative estimate of drug-likeness (QED) is 0.189. The van der Waals surface area contributed by atoms with E-state index in [1.807, 2.05) is 0 Å². The van der Waals surface area contributed by atoms with Gasteiger partial charge in [0, 0.05) is 66.0 Å². The molecular formula is C60H70N4. The Labute approximate surface area is 380 Å². The molecule has 330 valence electrons. The van der Waals surface area contributed by atoms with Crippen LogP contribution in [0.5, 0.6) is 0 Å². The summed E-state index contributed by atoms with van der Waals surface area (Å²) in [4.78, 5) is 21.0. The Morgan fingerprint density at radius 2 is 0.484 bits per heavy atom. The van der Waals surface area contributed by atoms with Crippen molar-refractivity contribution in [2.75, 3.05) is 0 Å². The van der Waals surface area contributed by atoms with Gasteiger partial charge in [0.2, 0.25) is 0 Å². The topological polar surface area (TPSA) is 57.4 Å². The van der Waals surface area contributed by atoms with Crippen molar-refractivity contribution in [1.82, 2.24) is 19.9 Å². The highest BCUT2D eigenvalue weighted by molar-refractivity contribution is 5.85. The lowest BCUT2D eigenvalue weighted by Gasteiger charge is -2.57. The van der Waals surface area contributed by atoms with Crippen LogP contribution < -0.4 is 0 Å². The van der Waals surface area contributed by atoms with Crippen LogP contribution in [0.15, 0.2) is 24.3 Å². The van der Waals surface area contributed by atoms with E-state index in [0.29, 0.717) is 0 Å². The first kappa shape index (κ1) is 36.7. The molecule has 0 atom stereocenters. The molecule has 3 aromatic rings. The van der Waals surface area contributed by atoms with Crippen molar-refractivity contribution in [2.24, 2.45) is 71.0 Å². The van der Waals surface area contributed by atoms with Gasteiger partial charge in [0.05, 0.1) is 22.8 Å². The van der Waals surface area contributed by atoms with Crippen molar-refractivity contribution in [2.45, 2.75) is 176 Å². The maximum atomic E-state index is 6.09. The maximum Gasteiger partial charge on any atom is 0.0697 e. The SMILES string of the molecule is C1=Cc2nc1c(C13CC4CC(CC(C4)C1)C3)c1nc(c(C34CC5CC(CC(C5)C3)C4)c3ccc([nH]3)c(C34CC5CC(CC(C5)C3)C4)c3ccc([nH]3)c2C23CC4CC(CC(C4)C2)C3)C=C1. The molecule has 0 aromatic carbocycles. The Morgan fingerprint density at radius 1 is 0.281 bits per heavy atom. The number of nitrogens with zero attached hydrogens (tertiary/aromatic N) is 2. The second kappa shape index (κ2) is 12.4. The molecule has 18 aliphatic rings. The van der Waals surface area contributed by atoms with E-state index in [9.17, 15) is 0 Å². The van der Waals surface area contributed by atoms with E-state index in [1.54, 1.807) is 22.3 Å². The van der Waals surface area contributed by atoms with E-state index in [1.165, 1.54) is 199 Å². The average Bonchev–Trinajstić information content (AvgIpc) is 4.07. The zero-order chi connectivity index (χ0) is 41.3. The fourth-order valence-electron chi connectivity index (χ4n) is 23.1. The van der Waals surface area contributed by atoms with E-state index >= 15 is 0 Å². The Morgan fingerprint density at radius 3 is 0.750 bits per heavy atom. The van der Waals surface area contributed by atoms with Gasteiger partial charge in [-0.3, -0.25) is 0 Å². The van der Waals surface area contributed by atoms with Crippen LogP contribution >= 0.6 is 0 Å². The minimum atomic E-state index is 0.195. The monoisotopic (exact) mass is 847 g/mol. The minimum Gasteiger partial charge on any atom is -0.355 e. The average molecular weight is 847 g/mol. The van der Waals surface area contributed by atoms with Crippen LogP contribution in [-0.2, 0) is 21.7 Å². The third-order valence-electron chi connectivity index (χ3n) is 23.0. The number of rotatable bonds is 4. The lowest BCUT2D eigenvalue weighted by atomic mass is 9.47. The summed E-state index contributed by atoms with van der Waals surface area (Å²) >= 11 is 0. The smallest absolute Gasteiger partial charge is 0.0697 e. The first-order valence-corrected chi connectivity index (χ1v) is 27.5. The van der Waals surface area contributed by atoms with E-state index < -0.39 is 0 Å². The maximum absolute atomic E-state index is 6.09. The van der Waals surface area contributed by atoms with Crippen LogP contribution in [0.3, 0.4) is 0 Å². The first-order chi connectivity index (χ1) is 31.3. The highest BCUT2D eigenvalue weighted by atomic mass is 14.8. The van der Waals surface area contributed by atoms with Crippen molar-refractivity contribution >= 4 is 46.4 Å². The van der Waals surface area contributed by atoms with Crippen molar-refractivity contribution in [1.29, 1.82) is 0 Å². The van der Waals surface area contributed by atoms with Gasteiger partial charge < -0.3 is 9.97 Å². The number of aromatic amines is 2. The second-order valence-electron chi connectivity index (χ2n) is 27.3. The summed E-state index contributed by atoms with van der Waals surface area (Å²) in [5.74, 6) is 10.6. The molecule has 3 aromatic heterocycles. The first-order valence-electron chi connectivity index (χ1n) is 27.5. The number of aromatic nitrogens is 4. The van der Waals surface area contributed by atoms with Crippen LogP contribution in [0, 0.1) is 71.0 Å². The van der Waals surface area contributed by atoms with Gasteiger partial charge in [0.15, 0.2) is 0 Å². The molecule has 2 aliphatic heterocycles. The van der Waals surface area contributed by atoms with Crippen LogP contribution in [0.25, 0.3) is 46.4 Å². The molecule has 64 heavy (non-hydrogen) atoms. The van der Waals surface area contributed by atoms with E-state index in [-0.39, 0.29) is 21.7 Å². The summed E-state index contributed by atoms with van der Waals surface area (Å²) < 4.78 is 0. The molecule has 24 bridgehead atoms. The van der Waals surface area contributed by atoms with Crippen molar-refractivity contribution in [3.63, 3.8) is 0 Å². The molecule has 4 nitrogen and oxygen atoms in total. The molecule has 0 radical (unpaired) electrons. The van der Waals surface area contributed by atoms with Gasteiger partial charge >= 0.3 is 0 Å². The summed E-state index contributed by atoms with van der Waals surface area (Å²) in [7, 11) is 0. The summed E-state index contributed by atoms with van der Waals surface area (Å²) in [6.45, 7) is 0. The molecule has 4 heteroatoms. The zero-order valence-corrected chi connectivity index (χ0v) is 38.4. The number of nitrogens with one attached hydrogen (secondary N) is 2. The van der Waals surface area contributed by atoms with Gasteiger partial charge in [-0.15, -0.1) is 0 Å².